The molecule has 0 spiro atoms. The Balaban J connectivity index is 2.81. The maximum atomic E-state index is 13.5. The summed E-state index contributed by atoms with van der Waals surface area (Å²) in [6.07, 6.45) is -0.372. The Bertz CT molecular complexity index is 461. The van der Waals surface area contributed by atoms with Gasteiger partial charge in [-0.3, -0.25) is 9.59 Å². The zero-order valence-electron chi connectivity index (χ0n) is 9.85. The van der Waals surface area contributed by atoms with Crippen molar-refractivity contribution in [3.63, 3.8) is 0 Å². The minimum absolute atomic E-state index is 0.0524. The van der Waals surface area contributed by atoms with Gasteiger partial charge in [0.25, 0.3) is 0 Å². The van der Waals surface area contributed by atoms with Crippen molar-refractivity contribution in [3.05, 3.63) is 29.6 Å². The molecule has 1 aromatic carbocycles. The van der Waals surface area contributed by atoms with E-state index in [1.54, 1.807) is 6.92 Å². The summed E-state index contributed by atoms with van der Waals surface area (Å²) in [6.45, 7) is 2.03. The molecule has 0 saturated carbocycles. The molecule has 1 rings (SSSR count). The first-order chi connectivity index (χ1) is 8.45. The Morgan fingerprint density at radius 2 is 2.17 bits per heavy atom. The van der Waals surface area contributed by atoms with Crippen LogP contribution in [-0.2, 0) is 4.79 Å². The molecule has 18 heavy (non-hydrogen) atoms. The fourth-order valence-corrected chi connectivity index (χ4v) is 1.35. The van der Waals surface area contributed by atoms with Crippen LogP contribution in [0.15, 0.2) is 18.2 Å². The lowest BCUT2D eigenvalue weighted by atomic mass is 10.0. The standard InChI is InChI=1S/C12H14FNO4/c1-2-18-11-4-3-7(5-8(11)13)10(15)6-9(14)12(16)17/h3-5,9H,2,6,14H2,1H3,(H,16,17). The highest BCUT2D eigenvalue weighted by Gasteiger charge is 2.18. The molecule has 0 aromatic heterocycles. The largest absolute Gasteiger partial charge is 0.491 e. The van der Waals surface area contributed by atoms with E-state index in [1.165, 1.54) is 12.1 Å². The molecule has 0 aliphatic heterocycles. The summed E-state index contributed by atoms with van der Waals surface area (Å²) >= 11 is 0. The monoisotopic (exact) mass is 255 g/mol. The highest BCUT2D eigenvalue weighted by Crippen LogP contribution is 2.19. The van der Waals surface area contributed by atoms with Crippen molar-refractivity contribution in [3.8, 4) is 5.75 Å². The van der Waals surface area contributed by atoms with Gasteiger partial charge in [0.15, 0.2) is 17.3 Å². The molecule has 1 unspecified atom stereocenters. The molecule has 0 bridgehead atoms. The summed E-state index contributed by atoms with van der Waals surface area (Å²) in [5.41, 5.74) is 5.31. The van der Waals surface area contributed by atoms with Crippen molar-refractivity contribution in [2.75, 3.05) is 6.61 Å². The van der Waals surface area contributed by atoms with Crippen LogP contribution in [-0.4, -0.2) is 29.5 Å². The normalized spacial score (nSPS) is 11.9. The third kappa shape index (κ3) is 3.53. The zero-order chi connectivity index (χ0) is 13.7. The Morgan fingerprint density at radius 1 is 1.50 bits per heavy atom. The van der Waals surface area contributed by atoms with Crippen molar-refractivity contribution in [1.29, 1.82) is 0 Å². The number of carboxylic acids is 1. The number of halogens is 1. The first-order valence-electron chi connectivity index (χ1n) is 5.39. The highest BCUT2D eigenvalue weighted by atomic mass is 19.1. The molecule has 0 radical (unpaired) electrons. The van der Waals surface area contributed by atoms with E-state index in [9.17, 15) is 14.0 Å². The van der Waals surface area contributed by atoms with Crippen LogP contribution < -0.4 is 10.5 Å². The van der Waals surface area contributed by atoms with E-state index in [-0.39, 0.29) is 17.7 Å². The maximum absolute atomic E-state index is 13.5. The molecule has 0 saturated heterocycles. The van der Waals surface area contributed by atoms with Crippen molar-refractivity contribution >= 4 is 11.8 Å². The molecule has 0 amide bonds. The lowest BCUT2D eigenvalue weighted by Crippen LogP contribution is -2.32. The molecule has 0 fully saturated rings. The van der Waals surface area contributed by atoms with Gasteiger partial charge in [-0.15, -0.1) is 0 Å². The molecule has 1 aromatic rings. The Kier molecular flexibility index (Phi) is 4.79. The Morgan fingerprint density at radius 3 is 2.67 bits per heavy atom. The first-order valence-corrected chi connectivity index (χ1v) is 5.39. The van der Waals surface area contributed by atoms with Crippen LogP contribution in [0.4, 0.5) is 4.39 Å². The molecule has 0 aliphatic rings. The number of aliphatic carboxylic acids is 1. The van der Waals surface area contributed by atoms with E-state index in [1.807, 2.05) is 0 Å². The number of carbonyl (C=O) groups is 2. The number of benzene rings is 1. The number of ketones is 1. The van der Waals surface area contributed by atoms with Crippen LogP contribution in [0.3, 0.4) is 0 Å². The minimum atomic E-state index is -1.29. The van der Waals surface area contributed by atoms with Gasteiger partial charge in [0.1, 0.15) is 6.04 Å². The average molecular weight is 255 g/mol. The summed E-state index contributed by atoms with van der Waals surface area (Å²) in [6, 6.07) is 2.44. The summed E-state index contributed by atoms with van der Waals surface area (Å²) in [5, 5.41) is 8.58. The molecular formula is C12H14FNO4. The summed E-state index contributed by atoms with van der Waals surface area (Å²) in [4.78, 5) is 22.1. The number of hydrogen-bond donors (Lipinski definition) is 2. The summed E-state index contributed by atoms with van der Waals surface area (Å²) < 4.78 is 18.5. The van der Waals surface area contributed by atoms with Gasteiger partial charge in [-0.1, -0.05) is 0 Å². The second-order valence-corrected chi connectivity index (χ2v) is 3.65. The van der Waals surface area contributed by atoms with Crippen molar-refractivity contribution in [2.24, 2.45) is 5.73 Å². The van der Waals surface area contributed by atoms with Crippen LogP contribution in [0.25, 0.3) is 0 Å². The molecule has 5 nitrogen and oxygen atoms in total. The van der Waals surface area contributed by atoms with Gasteiger partial charge < -0.3 is 15.6 Å². The van der Waals surface area contributed by atoms with Gasteiger partial charge in [-0.25, -0.2) is 4.39 Å². The zero-order valence-corrected chi connectivity index (χ0v) is 9.85. The molecule has 0 aliphatic carbocycles. The fourth-order valence-electron chi connectivity index (χ4n) is 1.35. The topological polar surface area (TPSA) is 89.6 Å². The molecule has 0 heterocycles. The van der Waals surface area contributed by atoms with Crippen LogP contribution in [0, 0.1) is 5.82 Å². The van der Waals surface area contributed by atoms with E-state index in [0.717, 1.165) is 6.07 Å². The van der Waals surface area contributed by atoms with E-state index >= 15 is 0 Å². The third-order valence-corrected chi connectivity index (χ3v) is 2.28. The first kappa shape index (κ1) is 14.1. The molecule has 6 heteroatoms. The van der Waals surface area contributed by atoms with E-state index < -0.39 is 23.6 Å². The summed E-state index contributed by atoms with van der Waals surface area (Å²) in [7, 11) is 0. The van der Waals surface area contributed by atoms with Crippen LogP contribution >= 0.6 is 0 Å². The summed E-state index contributed by atoms with van der Waals surface area (Å²) in [5.74, 6) is -2.40. The van der Waals surface area contributed by atoms with Gasteiger partial charge in [0.2, 0.25) is 0 Å². The lowest BCUT2D eigenvalue weighted by molar-refractivity contribution is -0.138. The third-order valence-electron chi connectivity index (χ3n) is 2.28. The molecular weight excluding hydrogens is 241 g/mol. The lowest BCUT2D eigenvalue weighted by Gasteiger charge is -2.08. The number of nitrogens with two attached hydrogens (primary N) is 1. The fraction of sp³-hybridized carbons (Fsp3) is 0.333. The molecule has 1 atom stereocenters. The van der Waals surface area contributed by atoms with E-state index in [2.05, 4.69) is 0 Å². The Hall–Kier alpha value is -1.95. The van der Waals surface area contributed by atoms with Crippen LogP contribution in [0.2, 0.25) is 0 Å². The van der Waals surface area contributed by atoms with Crippen molar-refractivity contribution in [2.45, 2.75) is 19.4 Å². The van der Waals surface area contributed by atoms with E-state index in [0.29, 0.717) is 6.61 Å². The van der Waals surface area contributed by atoms with Crippen molar-refractivity contribution in [1.82, 2.24) is 0 Å². The van der Waals surface area contributed by atoms with Gasteiger partial charge in [0.05, 0.1) is 6.61 Å². The molecule has 3 N–H and O–H groups in total. The van der Waals surface area contributed by atoms with Crippen LogP contribution in [0.1, 0.15) is 23.7 Å². The molecule has 98 valence electrons. The highest BCUT2D eigenvalue weighted by molar-refractivity contribution is 5.98. The number of carbonyl (C=O) groups excluding carboxylic acids is 1. The number of rotatable bonds is 6. The van der Waals surface area contributed by atoms with Gasteiger partial charge >= 0.3 is 5.97 Å². The average Bonchev–Trinajstić information content (AvgIpc) is 2.31. The smallest absolute Gasteiger partial charge is 0.320 e. The second kappa shape index (κ2) is 6.11. The SMILES string of the molecule is CCOc1ccc(C(=O)CC(N)C(=O)O)cc1F. The van der Waals surface area contributed by atoms with Gasteiger partial charge in [0, 0.05) is 12.0 Å². The van der Waals surface area contributed by atoms with E-state index in [4.69, 9.17) is 15.6 Å². The van der Waals surface area contributed by atoms with Crippen LogP contribution in [0.5, 0.6) is 5.75 Å². The maximum Gasteiger partial charge on any atom is 0.320 e. The Labute approximate surface area is 103 Å². The van der Waals surface area contributed by atoms with Gasteiger partial charge in [-0.2, -0.15) is 0 Å². The number of carboxylic acid groups (broad SMARTS) is 1. The number of hydrogen-bond acceptors (Lipinski definition) is 4. The number of Topliss-reactive ketones (excluding diaryl/α,β-unsaturated/α-hetero) is 1. The predicted octanol–water partition coefficient (Wildman–Crippen LogP) is 1.21. The quantitative estimate of drug-likeness (QED) is 0.746. The minimum Gasteiger partial charge on any atom is -0.491 e. The second-order valence-electron chi connectivity index (χ2n) is 3.65. The number of ether oxygens (including phenoxy) is 1. The predicted molar refractivity (Wildman–Crippen MR) is 62.1 cm³/mol. The van der Waals surface area contributed by atoms with Gasteiger partial charge in [-0.05, 0) is 25.1 Å². The van der Waals surface area contributed by atoms with Crippen molar-refractivity contribution < 1.29 is 23.8 Å².